The predicted octanol–water partition coefficient (Wildman–Crippen LogP) is 2.53. The Kier molecular flexibility index (Phi) is 2.29. The molecule has 0 saturated heterocycles. The lowest BCUT2D eigenvalue weighted by Crippen LogP contribution is -1.98. The highest BCUT2D eigenvalue weighted by Crippen LogP contribution is 2.24. The molecule has 2 rings (SSSR count). The van der Waals surface area contributed by atoms with E-state index in [9.17, 15) is 0 Å². The number of aryl methyl sites for hydroxylation is 1. The SMILES string of the molecule is Cc1cccc(-n2ccc(N)n2)c1Br. The van der Waals surface area contributed by atoms with Crippen molar-refractivity contribution in [3.63, 3.8) is 0 Å². The van der Waals surface area contributed by atoms with Crippen LogP contribution in [0.4, 0.5) is 5.82 Å². The van der Waals surface area contributed by atoms with Crippen LogP contribution in [0.15, 0.2) is 34.9 Å². The summed E-state index contributed by atoms with van der Waals surface area (Å²) in [5.74, 6) is 0.526. The Morgan fingerprint density at radius 2 is 2.14 bits per heavy atom. The molecule has 3 nitrogen and oxygen atoms in total. The van der Waals surface area contributed by atoms with Gasteiger partial charge in [-0.1, -0.05) is 12.1 Å². The first-order chi connectivity index (χ1) is 6.68. The van der Waals surface area contributed by atoms with Crippen molar-refractivity contribution in [3.05, 3.63) is 40.5 Å². The van der Waals surface area contributed by atoms with Gasteiger partial charge in [-0.2, -0.15) is 5.10 Å². The maximum absolute atomic E-state index is 5.56. The highest BCUT2D eigenvalue weighted by atomic mass is 79.9. The summed E-state index contributed by atoms with van der Waals surface area (Å²) in [7, 11) is 0. The maximum atomic E-state index is 5.56. The molecule has 0 aliphatic heterocycles. The zero-order chi connectivity index (χ0) is 10.1. The summed E-state index contributed by atoms with van der Waals surface area (Å²) in [4.78, 5) is 0. The molecular formula is C10H10BrN3. The fraction of sp³-hybridized carbons (Fsp3) is 0.100. The van der Waals surface area contributed by atoms with E-state index in [0.29, 0.717) is 5.82 Å². The number of halogens is 1. The number of benzene rings is 1. The second-order valence-corrected chi connectivity index (χ2v) is 3.89. The van der Waals surface area contributed by atoms with E-state index < -0.39 is 0 Å². The molecule has 0 fully saturated rings. The Labute approximate surface area is 90.7 Å². The van der Waals surface area contributed by atoms with Crippen LogP contribution in [0, 0.1) is 6.92 Å². The first-order valence-electron chi connectivity index (χ1n) is 4.25. The molecule has 0 bridgehead atoms. The third kappa shape index (κ3) is 1.53. The summed E-state index contributed by atoms with van der Waals surface area (Å²) in [6, 6.07) is 7.80. The molecule has 0 atom stereocenters. The Balaban J connectivity index is 2.57. The van der Waals surface area contributed by atoms with Crippen LogP contribution in [-0.2, 0) is 0 Å². The van der Waals surface area contributed by atoms with Crippen molar-refractivity contribution in [2.24, 2.45) is 0 Å². The first-order valence-corrected chi connectivity index (χ1v) is 5.04. The van der Waals surface area contributed by atoms with Gasteiger partial charge in [0.15, 0.2) is 0 Å². The summed E-state index contributed by atoms with van der Waals surface area (Å²) in [5.41, 5.74) is 7.74. The quantitative estimate of drug-likeness (QED) is 0.847. The predicted molar refractivity (Wildman–Crippen MR) is 60.4 cm³/mol. The van der Waals surface area contributed by atoms with Gasteiger partial charge in [0.1, 0.15) is 5.82 Å². The molecule has 72 valence electrons. The number of hydrogen-bond acceptors (Lipinski definition) is 2. The van der Waals surface area contributed by atoms with Crippen molar-refractivity contribution in [2.75, 3.05) is 5.73 Å². The minimum absolute atomic E-state index is 0.526. The topological polar surface area (TPSA) is 43.8 Å². The molecule has 4 heteroatoms. The molecular weight excluding hydrogens is 242 g/mol. The molecule has 1 heterocycles. The zero-order valence-corrected chi connectivity index (χ0v) is 9.32. The summed E-state index contributed by atoms with van der Waals surface area (Å²) in [6.45, 7) is 2.04. The molecule has 2 N–H and O–H groups in total. The van der Waals surface area contributed by atoms with E-state index in [0.717, 1.165) is 10.2 Å². The van der Waals surface area contributed by atoms with Gasteiger partial charge in [-0.15, -0.1) is 0 Å². The second-order valence-electron chi connectivity index (χ2n) is 3.09. The van der Waals surface area contributed by atoms with E-state index in [4.69, 9.17) is 5.73 Å². The molecule has 1 aromatic heterocycles. The average molecular weight is 252 g/mol. The van der Waals surface area contributed by atoms with E-state index in [1.54, 1.807) is 10.7 Å². The number of rotatable bonds is 1. The van der Waals surface area contributed by atoms with Crippen LogP contribution >= 0.6 is 15.9 Å². The van der Waals surface area contributed by atoms with Gasteiger partial charge in [0.25, 0.3) is 0 Å². The number of nitrogens with two attached hydrogens (primary N) is 1. The van der Waals surface area contributed by atoms with Crippen molar-refractivity contribution in [2.45, 2.75) is 6.92 Å². The maximum Gasteiger partial charge on any atom is 0.145 e. The van der Waals surface area contributed by atoms with Gasteiger partial charge in [-0.3, -0.25) is 0 Å². The van der Waals surface area contributed by atoms with Crippen LogP contribution in [0.2, 0.25) is 0 Å². The van der Waals surface area contributed by atoms with Crippen LogP contribution in [-0.4, -0.2) is 9.78 Å². The molecule has 2 aromatic rings. The highest BCUT2D eigenvalue weighted by molar-refractivity contribution is 9.10. The van der Waals surface area contributed by atoms with Crippen molar-refractivity contribution in [1.29, 1.82) is 0 Å². The van der Waals surface area contributed by atoms with Gasteiger partial charge in [-0.05, 0) is 34.5 Å². The van der Waals surface area contributed by atoms with E-state index in [2.05, 4.69) is 21.0 Å². The van der Waals surface area contributed by atoms with Gasteiger partial charge in [-0.25, -0.2) is 4.68 Å². The third-order valence-electron chi connectivity index (χ3n) is 2.03. The highest BCUT2D eigenvalue weighted by Gasteiger charge is 2.04. The lowest BCUT2D eigenvalue weighted by Gasteiger charge is -2.06. The van der Waals surface area contributed by atoms with Crippen molar-refractivity contribution >= 4 is 21.7 Å². The molecule has 0 aliphatic carbocycles. The summed E-state index contributed by atoms with van der Waals surface area (Å²) in [5, 5.41) is 4.15. The summed E-state index contributed by atoms with van der Waals surface area (Å²) < 4.78 is 2.80. The Bertz CT molecular complexity index is 462. The molecule has 0 spiro atoms. The van der Waals surface area contributed by atoms with Gasteiger partial charge in [0.2, 0.25) is 0 Å². The fourth-order valence-corrected chi connectivity index (χ4v) is 1.73. The molecule has 0 saturated carbocycles. The van der Waals surface area contributed by atoms with Gasteiger partial charge >= 0.3 is 0 Å². The van der Waals surface area contributed by atoms with Crippen LogP contribution in [0.5, 0.6) is 0 Å². The Hall–Kier alpha value is -1.29. The fourth-order valence-electron chi connectivity index (χ4n) is 1.28. The number of nitrogen functional groups attached to an aromatic ring is 1. The van der Waals surface area contributed by atoms with E-state index in [1.165, 1.54) is 5.56 Å². The summed E-state index contributed by atoms with van der Waals surface area (Å²) in [6.07, 6.45) is 1.84. The first kappa shape index (κ1) is 9.27. The van der Waals surface area contributed by atoms with Crippen LogP contribution in [0.3, 0.4) is 0 Å². The molecule has 0 unspecified atom stereocenters. The normalized spacial score (nSPS) is 10.4. The van der Waals surface area contributed by atoms with Gasteiger partial charge < -0.3 is 5.73 Å². The largest absolute Gasteiger partial charge is 0.382 e. The van der Waals surface area contributed by atoms with Gasteiger partial charge in [0.05, 0.1) is 5.69 Å². The minimum atomic E-state index is 0.526. The lowest BCUT2D eigenvalue weighted by molar-refractivity contribution is 0.879. The van der Waals surface area contributed by atoms with Crippen molar-refractivity contribution in [3.8, 4) is 5.69 Å². The number of hydrogen-bond donors (Lipinski definition) is 1. The van der Waals surface area contributed by atoms with Gasteiger partial charge in [0, 0.05) is 16.7 Å². The van der Waals surface area contributed by atoms with E-state index >= 15 is 0 Å². The molecule has 0 radical (unpaired) electrons. The third-order valence-corrected chi connectivity index (χ3v) is 3.06. The average Bonchev–Trinajstić information content (AvgIpc) is 2.57. The number of nitrogens with zero attached hydrogens (tertiary/aromatic N) is 2. The Morgan fingerprint density at radius 1 is 1.36 bits per heavy atom. The van der Waals surface area contributed by atoms with Crippen LogP contribution in [0.25, 0.3) is 5.69 Å². The lowest BCUT2D eigenvalue weighted by atomic mass is 10.2. The number of anilines is 1. The van der Waals surface area contributed by atoms with Crippen LogP contribution < -0.4 is 5.73 Å². The summed E-state index contributed by atoms with van der Waals surface area (Å²) >= 11 is 3.52. The van der Waals surface area contributed by atoms with Crippen LogP contribution in [0.1, 0.15) is 5.56 Å². The van der Waals surface area contributed by atoms with E-state index in [-0.39, 0.29) is 0 Å². The minimum Gasteiger partial charge on any atom is -0.382 e. The molecule has 0 aliphatic rings. The Morgan fingerprint density at radius 3 is 2.79 bits per heavy atom. The van der Waals surface area contributed by atoms with Crippen molar-refractivity contribution in [1.82, 2.24) is 9.78 Å². The molecule has 14 heavy (non-hydrogen) atoms. The molecule has 1 aromatic carbocycles. The second kappa shape index (κ2) is 3.46. The van der Waals surface area contributed by atoms with E-state index in [1.807, 2.05) is 31.3 Å². The molecule has 0 amide bonds. The van der Waals surface area contributed by atoms with Crippen molar-refractivity contribution < 1.29 is 0 Å². The standard InChI is InChI=1S/C10H10BrN3/c1-7-3-2-4-8(10(7)11)14-6-5-9(12)13-14/h2-6H,1H3,(H2,12,13). The zero-order valence-electron chi connectivity index (χ0n) is 7.74. The monoisotopic (exact) mass is 251 g/mol. The number of aromatic nitrogens is 2. The smallest absolute Gasteiger partial charge is 0.145 e.